The van der Waals surface area contributed by atoms with Gasteiger partial charge in [0.2, 0.25) is 0 Å². The van der Waals surface area contributed by atoms with Crippen LogP contribution in [0.5, 0.6) is 17.2 Å². The lowest BCUT2D eigenvalue weighted by molar-refractivity contribution is -0.384. The lowest BCUT2D eigenvalue weighted by Gasteiger charge is -2.28. The van der Waals surface area contributed by atoms with Crippen LogP contribution in [0.2, 0.25) is 0 Å². The van der Waals surface area contributed by atoms with Crippen molar-refractivity contribution in [3.63, 3.8) is 0 Å². The number of halogens is 2. The zero-order valence-corrected chi connectivity index (χ0v) is 29.2. The number of aliphatic hydroxyl groups excluding tert-OH is 1. The molecule has 0 radical (unpaired) electrons. The predicted octanol–water partition coefficient (Wildman–Crippen LogP) is 5.06. The molecule has 14 nitrogen and oxygen atoms in total. The molecule has 0 saturated heterocycles. The van der Waals surface area contributed by atoms with E-state index >= 15 is 0 Å². The zero-order chi connectivity index (χ0) is 34.1. The average Bonchev–Trinajstić information content (AvgIpc) is 3.03. The average molecular weight is 824 g/mol. The Morgan fingerprint density at radius 2 is 1.91 bits per heavy atom. The first-order valence-corrected chi connectivity index (χ1v) is 16.0. The molecular weight excluding hydrogens is 793 g/mol. The van der Waals surface area contributed by atoms with Crippen molar-refractivity contribution in [3.8, 4) is 17.2 Å². The van der Waals surface area contributed by atoms with E-state index in [1.54, 1.807) is 50.2 Å². The van der Waals surface area contributed by atoms with E-state index in [4.69, 9.17) is 18.9 Å². The number of nitrogens with one attached hydrogen (secondary N) is 3. The molecule has 0 fully saturated rings. The molecule has 0 aromatic heterocycles. The number of hydrogen-bond acceptors (Lipinski definition) is 11. The van der Waals surface area contributed by atoms with Gasteiger partial charge in [-0.1, -0.05) is 22.0 Å². The van der Waals surface area contributed by atoms with Crippen molar-refractivity contribution in [2.45, 2.75) is 32.7 Å². The van der Waals surface area contributed by atoms with E-state index in [-0.39, 0.29) is 24.5 Å². The minimum absolute atomic E-state index is 0.00605. The van der Waals surface area contributed by atoms with Crippen molar-refractivity contribution >= 4 is 62.4 Å². The number of nitrogens with zero attached hydrogens (tertiary/aromatic N) is 2. The maximum Gasteiger partial charge on any atom is 0.337 e. The Bertz CT molecular complexity index is 1700. The zero-order valence-electron chi connectivity index (χ0n) is 25.4. The fourth-order valence-corrected chi connectivity index (χ4v) is 6.22. The summed E-state index contributed by atoms with van der Waals surface area (Å²) < 4.78 is 24.1. The number of hydrazone groups is 1. The Hall–Kier alpha value is -4.42. The van der Waals surface area contributed by atoms with Gasteiger partial charge in [0.15, 0.2) is 17.7 Å². The second-order valence-corrected chi connectivity index (χ2v) is 12.0. The Labute approximate surface area is 291 Å². The third-order valence-electron chi connectivity index (χ3n) is 6.67. The summed E-state index contributed by atoms with van der Waals surface area (Å²) in [5.74, 6) is 0.613. The van der Waals surface area contributed by atoms with Gasteiger partial charge >= 0.3 is 12.0 Å². The van der Waals surface area contributed by atoms with Gasteiger partial charge in [0.1, 0.15) is 19.0 Å². The molecule has 2 amide bonds. The lowest BCUT2D eigenvalue weighted by Crippen LogP contribution is -2.45. The van der Waals surface area contributed by atoms with E-state index < -0.39 is 29.2 Å². The van der Waals surface area contributed by atoms with Crippen LogP contribution < -0.4 is 30.3 Å². The Morgan fingerprint density at radius 3 is 2.60 bits per heavy atom. The molecule has 1 aliphatic rings. The Kier molecular flexibility index (Phi) is 12.4. The lowest BCUT2D eigenvalue weighted by atomic mass is 9.95. The number of amides is 2. The number of hydrogen-bond donors (Lipinski definition) is 4. The van der Waals surface area contributed by atoms with Gasteiger partial charge in [-0.05, 0) is 84.0 Å². The number of urea groups is 1. The van der Waals surface area contributed by atoms with Gasteiger partial charge in [-0.2, -0.15) is 5.10 Å². The number of rotatable bonds is 14. The maximum atomic E-state index is 12.5. The first-order chi connectivity index (χ1) is 22.5. The van der Waals surface area contributed by atoms with Gasteiger partial charge in [-0.15, -0.1) is 0 Å². The van der Waals surface area contributed by atoms with E-state index in [2.05, 4.69) is 59.7 Å². The number of non-ortho nitro benzene ring substituents is 1. The van der Waals surface area contributed by atoms with E-state index in [9.17, 15) is 24.8 Å². The molecule has 1 heterocycles. The van der Waals surface area contributed by atoms with Gasteiger partial charge in [-0.3, -0.25) is 15.5 Å². The molecule has 16 heteroatoms. The highest BCUT2D eigenvalue weighted by atomic mass is 127. The van der Waals surface area contributed by atoms with Crippen LogP contribution >= 0.6 is 38.5 Å². The number of carbonyl (C=O) groups is 2. The van der Waals surface area contributed by atoms with Gasteiger partial charge < -0.3 is 34.7 Å². The molecule has 0 aliphatic carbocycles. The summed E-state index contributed by atoms with van der Waals surface area (Å²) in [5.41, 5.74) is 5.16. The first-order valence-electron chi connectivity index (χ1n) is 14.1. The quantitative estimate of drug-likeness (QED) is 0.0428. The smallest absolute Gasteiger partial charge is 0.337 e. The van der Waals surface area contributed by atoms with Crippen molar-refractivity contribution in [2.75, 3.05) is 20.3 Å². The van der Waals surface area contributed by atoms with Crippen LogP contribution in [0.4, 0.5) is 10.5 Å². The minimum atomic E-state index is -1.21. The second-order valence-electron chi connectivity index (χ2n) is 9.93. The molecule has 3 aromatic carbocycles. The number of carbonyl (C=O) groups excluding carboxylic acids is 2. The minimum Gasteiger partial charge on any atom is -0.490 e. The Morgan fingerprint density at radius 1 is 1.17 bits per heavy atom. The van der Waals surface area contributed by atoms with E-state index in [1.165, 1.54) is 25.5 Å². The SMILES string of the molecule is CCOc1cc([C@@H]2NC(=O)NC(C)=C2C(=O)OC)ccc1OC[C@@H](O)N/N=C/c1cc(Br)cc(I)c1OCc1ccc([N+](=O)[O-])cc1. The summed E-state index contributed by atoms with van der Waals surface area (Å²) in [6.45, 7) is 3.69. The molecule has 4 N–H and O–H groups in total. The van der Waals surface area contributed by atoms with Crippen LogP contribution in [-0.2, 0) is 16.1 Å². The van der Waals surface area contributed by atoms with Crippen molar-refractivity contribution in [1.82, 2.24) is 16.1 Å². The molecule has 47 heavy (non-hydrogen) atoms. The van der Waals surface area contributed by atoms with Crippen molar-refractivity contribution in [1.29, 1.82) is 0 Å². The van der Waals surface area contributed by atoms with E-state index in [0.717, 1.165) is 13.6 Å². The van der Waals surface area contributed by atoms with Gasteiger partial charge in [0.05, 0.1) is 40.0 Å². The first kappa shape index (κ1) is 35.4. The number of benzene rings is 3. The molecule has 0 spiro atoms. The fourth-order valence-electron chi connectivity index (χ4n) is 4.51. The highest BCUT2D eigenvalue weighted by Gasteiger charge is 2.32. The summed E-state index contributed by atoms with van der Waals surface area (Å²) in [7, 11) is 1.26. The summed E-state index contributed by atoms with van der Waals surface area (Å²) in [6.07, 6.45) is 0.278. The van der Waals surface area contributed by atoms with E-state index in [1.807, 2.05) is 6.07 Å². The molecule has 3 aromatic rings. The molecule has 248 valence electrons. The summed E-state index contributed by atoms with van der Waals surface area (Å²) in [6, 6.07) is 13.4. The van der Waals surface area contributed by atoms with Gasteiger partial charge in [0.25, 0.3) is 5.69 Å². The summed E-state index contributed by atoms with van der Waals surface area (Å²) in [5, 5.41) is 30.9. The van der Waals surface area contributed by atoms with Crippen molar-refractivity contribution < 1.29 is 38.6 Å². The summed E-state index contributed by atoms with van der Waals surface area (Å²) in [4.78, 5) is 35.1. The third kappa shape index (κ3) is 9.32. The van der Waals surface area contributed by atoms with Crippen LogP contribution in [0.3, 0.4) is 0 Å². The number of nitro benzene ring substituents is 1. The molecule has 4 rings (SSSR count). The highest BCUT2D eigenvalue weighted by Crippen LogP contribution is 2.35. The van der Waals surface area contributed by atoms with Gasteiger partial charge in [0, 0.05) is 27.9 Å². The monoisotopic (exact) mass is 823 g/mol. The topological polar surface area (TPSA) is 183 Å². The largest absolute Gasteiger partial charge is 0.490 e. The second kappa shape index (κ2) is 16.4. The van der Waals surface area contributed by atoms with E-state index in [0.29, 0.717) is 40.7 Å². The molecule has 0 bridgehead atoms. The number of esters is 1. The van der Waals surface area contributed by atoms with Crippen LogP contribution in [0.25, 0.3) is 0 Å². The number of nitro groups is 1. The number of aliphatic hydroxyl groups is 1. The summed E-state index contributed by atoms with van der Waals surface area (Å²) >= 11 is 5.60. The molecule has 0 unspecified atom stereocenters. The molecule has 0 saturated carbocycles. The third-order valence-corrected chi connectivity index (χ3v) is 7.93. The fraction of sp³-hybridized carbons (Fsp3) is 0.258. The van der Waals surface area contributed by atoms with Crippen molar-refractivity contribution in [2.24, 2.45) is 5.10 Å². The van der Waals surface area contributed by atoms with Crippen LogP contribution in [0, 0.1) is 13.7 Å². The number of ether oxygens (including phenoxy) is 4. The Balaban J connectivity index is 1.42. The number of methoxy groups -OCH3 is 1. The predicted molar refractivity (Wildman–Crippen MR) is 183 cm³/mol. The number of allylic oxidation sites excluding steroid dienone is 1. The maximum absolute atomic E-state index is 12.5. The van der Waals surface area contributed by atoms with Crippen LogP contribution in [-0.4, -0.2) is 54.8 Å². The van der Waals surface area contributed by atoms with Crippen molar-refractivity contribution in [3.05, 3.63) is 101 Å². The normalized spacial score (nSPS) is 15.0. The van der Waals surface area contributed by atoms with Gasteiger partial charge in [-0.25, -0.2) is 9.59 Å². The molecule has 2 atom stereocenters. The molecular formula is C31H31BrIN5O9. The standard InChI is InChI=1S/C31H31BrIN5O9/c1-4-45-25-12-19(28-27(30(40)44-3)17(2)35-31(41)36-28)7-10-24(25)46-16-26(39)37-34-14-20-11-21(32)13-23(33)29(20)47-15-18-5-8-22(9-6-18)38(42)43/h5-14,26,28,37,39H,4,15-16H2,1-3H3,(H2,35,36,41)/b34-14+/t26-,28+/m1/s1. The highest BCUT2D eigenvalue weighted by molar-refractivity contribution is 14.1. The molecule has 1 aliphatic heterocycles. The van der Waals surface area contributed by atoms with Crippen LogP contribution in [0.1, 0.15) is 36.6 Å². The van der Waals surface area contributed by atoms with Crippen LogP contribution in [0.15, 0.2) is 75.4 Å².